The van der Waals surface area contributed by atoms with Crippen molar-refractivity contribution in [1.82, 2.24) is 4.90 Å². The van der Waals surface area contributed by atoms with E-state index in [1.165, 1.54) is 12.0 Å². The van der Waals surface area contributed by atoms with E-state index in [1.54, 1.807) is 0 Å². The molecule has 0 spiro atoms. The number of methoxy groups -OCH3 is 1. The molecule has 22 heavy (non-hydrogen) atoms. The fraction of sp³-hybridized carbons (Fsp3) is 0.500. The number of ether oxygens (including phenoxy) is 2. The number of carboxylic acid groups (broad SMARTS) is 1. The summed E-state index contributed by atoms with van der Waals surface area (Å²) in [6.07, 6.45) is 0.129. The Morgan fingerprint density at radius 3 is 2.55 bits per heavy atom. The van der Waals surface area contributed by atoms with Gasteiger partial charge in [-0.15, -0.1) is 0 Å². The predicted octanol–water partition coefficient (Wildman–Crippen LogP) is 1.63. The smallest absolute Gasteiger partial charge is 0.323 e. The molecule has 0 aliphatic rings. The molecule has 0 unspecified atom stereocenters. The average Bonchev–Trinajstić information content (AvgIpc) is 2.45. The van der Waals surface area contributed by atoms with Gasteiger partial charge in [0.05, 0.1) is 19.6 Å². The van der Waals surface area contributed by atoms with Crippen LogP contribution in [0.5, 0.6) is 5.75 Å². The number of aliphatic carboxylic acids is 1. The zero-order valence-corrected chi connectivity index (χ0v) is 13.3. The van der Waals surface area contributed by atoms with Crippen molar-refractivity contribution in [2.45, 2.75) is 20.3 Å². The Balaban J connectivity index is 2.49. The summed E-state index contributed by atoms with van der Waals surface area (Å²) in [6, 6.07) is 5.82. The Kier molecular flexibility index (Phi) is 7.39. The van der Waals surface area contributed by atoms with E-state index < -0.39 is 5.97 Å². The van der Waals surface area contributed by atoms with Crippen molar-refractivity contribution < 1.29 is 24.2 Å². The molecular formula is C16H23NO5. The lowest BCUT2D eigenvalue weighted by Crippen LogP contribution is -2.38. The molecule has 6 heteroatoms. The standard InChI is InChI=1S/C16H23NO5/c1-12-4-5-14(13(2)10-12)22-8-6-15(18)17(7-9-21-3)11-16(19)20/h4-5,10H,6-9,11H2,1-3H3,(H,19,20). The summed E-state index contributed by atoms with van der Waals surface area (Å²) in [5.41, 5.74) is 2.15. The molecule has 0 aliphatic heterocycles. The molecule has 1 aromatic rings. The highest BCUT2D eigenvalue weighted by atomic mass is 16.5. The number of amides is 1. The molecule has 0 saturated heterocycles. The zero-order chi connectivity index (χ0) is 16.5. The second-order valence-corrected chi connectivity index (χ2v) is 5.07. The van der Waals surface area contributed by atoms with Gasteiger partial charge < -0.3 is 19.5 Å². The first-order chi connectivity index (χ1) is 10.4. The van der Waals surface area contributed by atoms with Gasteiger partial charge in [-0.3, -0.25) is 9.59 Å². The number of carboxylic acids is 1. The number of hydrogen-bond donors (Lipinski definition) is 1. The summed E-state index contributed by atoms with van der Waals surface area (Å²) in [6.45, 7) is 4.39. The Hall–Kier alpha value is -2.08. The molecule has 0 aliphatic carbocycles. The van der Waals surface area contributed by atoms with Gasteiger partial charge in [0.15, 0.2) is 0 Å². The van der Waals surface area contributed by atoms with E-state index in [2.05, 4.69) is 0 Å². The van der Waals surface area contributed by atoms with Gasteiger partial charge in [0.1, 0.15) is 12.3 Å². The minimum Gasteiger partial charge on any atom is -0.493 e. The molecule has 6 nitrogen and oxygen atoms in total. The van der Waals surface area contributed by atoms with Crippen LogP contribution in [0.25, 0.3) is 0 Å². The largest absolute Gasteiger partial charge is 0.493 e. The van der Waals surface area contributed by atoms with Gasteiger partial charge in [-0.2, -0.15) is 0 Å². The Labute approximate surface area is 130 Å². The molecule has 0 saturated carbocycles. The van der Waals surface area contributed by atoms with Crippen LogP contribution in [0.4, 0.5) is 0 Å². The van der Waals surface area contributed by atoms with E-state index in [9.17, 15) is 9.59 Å². The van der Waals surface area contributed by atoms with Gasteiger partial charge in [-0.1, -0.05) is 17.7 Å². The second-order valence-electron chi connectivity index (χ2n) is 5.07. The predicted molar refractivity (Wildman–Crippen MR) is 82.1 cm³/mol. The van der Waals surface area contributed by atoms with E-state index in [0.717, 1.165) is 16.9 Å². The van der Waals surface area contributed by atoms with E-state index in [4.69, 9.17) is 14.6 Å². The van der Waals surface area contributed by atoms with Crippen LogP contribution < -0.4 is 4.74 Å². The van der Waals surface area contributed by atoms with Crippen LogP contribution in [0.2, 0.25) is 0 Å². The summed E-state index contributed by atoms with van der Waals surface area (Å²) in [7, 11) is 1.51. The van der Waals surface area contributed by atoms with Gasteiger partial charge in [-0.25, -0.2) is 0 Å². The second kappa shape index (κ2) is 9.04. The molecule has 0 radical (unpaired) electrons. The van der Waals surface area contributed by atoms with Crippen LogP contribution in [0, 0.1) is 13.8 Å². The lowest BCUT2D eigenvalue weighted by Gasteiger charge is -2.20. The van der Waals surface area contributed by atoms with Gasteiger partial charge in [0.2, 0.25) is 5.91 Å². The van der Waals surface area contributed by atoms with Crippen molar-refractivity contribution >= 4 is 11.9 Å². The summed E-state index contributed by atoms with van der Waals surface area (Å²) < 4.78 is 10.5. The summed E-state index contributed by atoms with van der Waals surface area (Å²) >= 11 is 0. The van der Waals surface area contributed by atoms with Gasteiger partial charge in [0, 0.05) is 13.7 Å². The molecule has 122 valence electrons. The molecule has 0 aromatic heterocycles. The molecule has 0 heterocycles. The van der Waals surface area contributed by atoms with Crippen molar-refractivity contribution in [2.24, 2.45) is 0 Å². The van der Waals surface area contributed by atoms with Gasteiger partial charge in [0.25, 0.3) is 0 Å². The van der Waals surface area contributed by atoms with Crippen LogP contribution in [0.3, 0.4) is 0 Å². The van der Waals surface area contributed by atoms with Crippen molar-refractivity contribution in [3.63, 3.8) is 0 Å². The van der Waals surface area contributed by atoms with E-state index in [1.807, 2.05) is 32.0 Å². The van der Waals surface area contributed by atoms with Crippen molar-refractivity contribution in [2.75, 3.05) is 33.4 Å². The Morgan fingerprint density at radius 1 is 1.23 bits per heavy atom. The first-order valence-electron chi connectivity index (χ1n) is 7.12. The van der Waals surface area contributed by atoms with Crippen LogP contribution in [0.1, 0.15) is 17.5 Å². The third kappa shape index (κ3) is 6.13. The number of nitrogens with zero attached hydrogens (tertiary/aromatic N) is 1. The molecule has 0 bridgehead atoms. The maximum absolute atomic E-state index is 12.0. The van der Waals surface area contributed by atoms with Gasteiger partial charge >= 0.3 is 5.97 Å². The fourth-order valence-corrected chi connectivity index (χ4v) is 2.02. The summed E-state index contributed by atoms with van der Waals surface area (Å²) in [5.74, 6) is -0.566. The highest BCUT2D eigenvalue weighted by Crippen LogP contribution is 2.18. The lowest BCUT2D eigenvalue weighted by molar-refractivity contribution is -0.145. The lowest BCUT2D eigenvalue weighted by atomic mass is 10.1. The topological polar surface area (TPSA) is 76.1 Å². The molecule has 0 fully saturated rings. The SMILES string of the molecule is COCCN(CC(=O)O)C(=O)CCOc1ccc(C)cc1C. The first-order valence-corrected chi connectivity index (χ1v) is 7.12. The third-order valence-corrected chi connectivity index (χ3v) is 3.15. The molecular weight excluding hydrogens is 286 g/mol. The number of carbonyl (C=O) groups is 2. The van der Waals surface area contributed by atoms with Crippen molar-refractivity contribution in [3.05, 3.63) is 29.3 Å². The van der Waals surface area contributed by atoms with Gasteiger partial charge in [-0.05, 0) is 25.5 Å². The minimum atomic E-state index is -1.04. The zero-order valence-electron chi connectivity index (χ0n) is 13.3. The van der Waals surface area contributed by atoms with Crippen molar-refractivity contribution in [1.29, 1.82) is 0 Å². The maximum Gasteiger partial charge on any atom is 0.323 e. The van der Waals surface area contributed by atoms with Crippen LogP contribution in [-0.4, -0.2) is 55.3 Å². The molecule has 0 atom stereocenters. The number of carbonyl (C=O) groups excluding carboxylic acids is 1. The van der Waals surface area contributed by atoms with Crippen molar-refractivity contribution in [3.8, 4) is 5.75 Å². The third-order valence-electron chi connectivity index (χ3n) is 3.15. The number of rotatable bonds is 9. The fourth-order valence-electron chi connectivity index (χ4n) is 2.02. The molecule has 1 N–H and O–H groups in total. The highest BCUT2D eigenvalue weighted by molar-refractivity contribution is 5.81. The minimum absolute atomic E-state index is 0.129. The summed E-state index contributed by atoms with van der Waals surface area (Å²) in [5, 5.41) is 8.83. The van der Waals surface area contributed by atoms with Crippen LogP contribution >= 0.6 is 0 Å². The highest BCUT2D eigenvalue weighted by Gasteiger charge is 2.16. The normalized spacial score (nSPS) is 10.3. The number of benzene rings is 1. The average molecular weight is 309 g/mol. The molecule has 1 rings (SSSR count). The quantitative estimate of drug-likeness (QED) is 0.750. The number of hydrogen-bond acceptors (Lipinski definition) is 4. The molecule has 1 amide bonds. The molecule has 1 aromatic carbocycles. The maximum atomic E-state index is 12.0. The van der Waals surface area contributed by atoms with Crippen LogP contribution in [-0.2, 0) is 14.3 Å². The summed E-state index contributed by atoms with van der Waals surface area (Å²) in [4.78, 5) is 24.1. The van der Waals surface area contributed by atoms with E-state index >= 15 is 0 Å². The van der Waals surface area contributed by atoms with E-state index in [-0.39, 0.29) is 32.0 Å². The number of aryl methyl sites for hydroxylation is 2. The Morgan fingerprint density at radius 2 is 1.95 bits per heavy atom. The van der Waals surface area contributed by atoms with Crippen LogP contribution in [0.15, 0.2) is 18.2 Å². The van der Waals surface area contributed by atoms with E-state index in [0.29, 0.717) is 6.61 Å². The monoisotopic (exact) mass is 309 g/mol. The Bertz CT molecular complexity index is 515. The first kappa shape index (κ1) is 18.0.